The summed E-state index contributed by atoms with van der Waals surface area (Å²) in [5.41, 5.74) is 0.417. The fourth-order valence-corrected chi connectivity index (χ4v) is 1.62. The SMILES string of the molecule is O=C(NCc1ccccc1O)c1cc(F)cc(F)c1. The zero-order chi connectivity index (χ0) is 13.8. The Morgan fingerprint density at radius 1 is 1.11 bits per heavy atom. The largest absolute Gasteiger partial charge is 0.508 e. The van der Waals surface area contributed by atoms with Gasteiger partial charge >= 0.3 is 0 Å². The van der Waals surface area contributed by atoms with E-state index in [9.17, 15) is 18.7 Å². The predicted molar refractivity (Wildman–Crippen MR) is 65.6 cm³/mol. The molecule has 2 aromatic rings. The highest BCUT2D eigenvalue weighted by Gasteiger charge is 2.09. The predicted octanol–water partition coefficient (Wildman–Crippen LogP) is 2.60. The van der Waals surface area contributed by atoms with Crippen molar-refractivity contribution in [2.75, 3.05) is 0 Å². The first-order valence-electron chi connectivity index (χ1n) is 5.57. The van der Waals surface area contributed by atoms with Gasteiger partial charge in [-0.1, -0.05) is 18.2 Å². The van der Waals surface area contributed by atoms with Crippen LogP contribution < -0.4 is 5.32 Å². The van der Waals surface area contributed by atoms with Crippen LogP contribution in [0.1, 0.15) is 15.9 Å². The summed E-state index contributed by atoms with van der Waals surface area (Å²) in [6.07, 6.45) is 0. The molecule has 0 aromatic heterocycles. The third-order valence-corrected chi connectivity index (χ3v) is 2.56. The van der Waals surface area contributed by atoms with Gasteiger partial charge in [-0.15, -0.1) is 0 Å². The molecular formula is C14H11F2NO2. The second kappa shape index (κ2) is 5.48. The van der Waals surface area contributed by atoms with Gasteiger partial charge in [0, 0.05) is 23.7 Å². The fraction of sp³-hybridized carbons (Fsp3) is 0.0714. The molecule has 0 saturated heterocycles. The van der Waals surface area contributed by atoms with Gasteiger partial charge in [0.15, 0.2) is 0 Å². The van der Waals surface area contributed by atoms with Crippen LogP contribution in [0.2, 0.25) is 0 Å². The van der Waals surface area contributed by atoms with Crippen LogP contribution in [0.15, 0.2) is 42.5 Å². The summed E-state index contributed by atoms with van der Waals surface area (Å²) in [6.45, 7) is 0.0731. The maximum Gasteiger partial charge on any atom is 0.251 e. The number of carbonyl (C=O) groups excluding carboxylic acids is 1. The van der Waals surface area contributed by atoms with E-state index < -0.39 is 17.5 Å². The third kappa shape index (κ3) is 3.28. The Morgan fingerprint density at radius 3 is 2.37 bits per heavy atom. The highest BCUT2D eigenvalue weighted by molar-refractivity contribution is 5.94. The van der Waals surface area contributed by atoms with E-state index in [0.717, 1.165) is 12.1 Å². The van der Waals surface area contributed by atoms with Crippen molar-refractivity contribution in [2.45, 2.75) is 6.54 Å². The Kier molecular flexibility index (Phi) is 3.75. The first-order chi connectivity index (χ1) is 9.06. The van der Waals surface area contributed by atoms with Gasteiger partial charge in [0.05, 0.1) is 0 Å². The Labute approximate surface area is 108 Å². The molecule has 98 valence electrons. The van der Waals surface area contributed by atoms with Gasteiger partial charge in [-0.05, 0) is 18.2 Å². The molecule has 0 aliphatic heterocycles. The van der Waals surface area contributed by atoms with Gasteiger partial charge in [0.25, 0.3) is 5.91 Å². The van der Waals surface area contributed by atoms with Crippen molar-refractivity contribution < 1.29 is 18.7 Å². The maximum atomic E-state index is 13.0. The molecule has 0 spiro atoms. The fourth-order valence-electron chi connectivity index (χ4n) is 1.62. The molecule has 2 N–H and O–H groups in total. The Balaban J connectivity index is 2.08. The number of amides is 1. The van der Waals surface area contributed by atoms with Crippen molar-refractivity contribution in [1.82, 2.24) is 5.32 Å². The summed E-state index contributed by atoms with van der Waals surface area (Å²) in [6, 6.07) is 9.09. The second-order valence-electron chi connectivity index (χ2n) is 3.97. The molecule has 0 heterocycles. The second-order valence-corrected chi connectivity index (χ2v) is 3.97. The summed E-state index contributed by atoms with van der Waals surface area (Å²) in [5, 5.41) is 12.0. The van der Waals surface area contributed by atoms with E-state index in [1.54, 1.807) is 18.2 Å². The van der Waals surface area contributed by atoms with Crippen molar-refractivity contribution >= 4 is 5.91 Å². The van der Waals surface area contributed by atoms with Crippen LogP contribution >= 0.6 is 0 Å². The van der Waals surface area contributed by atoms with Crippen molar-refractivity contribution in [1.29, 1.82) is 0 Å². The summed E-state index contributed by atoms with van der Waals surface area (Å²) < 4.78 is 25.9. The molecule has 0 bridgehead atoms. The first-order valence-corrected chi connectivity index (χ1v) is 5.57. The van der Waals surface area contributed by atoms with Crippen molar-refractivity contribution in [3.05, 3.63) is 65.2 Å². The molecule has 1 amide bonds. The number of rotatable bonds is 3. The summed E-state index contributed by atoms with van der Waals surface area (Å²) in [4.78, 5) is 11.7. The number of benzene rings is 2. The summed E-state index contributed by atoms with van der Waals surface area (Å²) in [7, 11) is 0. The van der Waals surface area contributed by atoms with E-state index in [-0.39, 0.29) is 17.9 Å². The van der Waals surface area contributed by atoms with Gasteiger partial charge in [0.1, 0.15) is 17.4 Å². The van der Waals surface area contributed by atoms with E-state index >= 15 is 0 Å². The van der Waals surface area contributed by atoms with E-state index in [4.69, 9.17) is 0 Å². The summed E-state index contributed by atoms with van der Waals surface area (Å²) in [5.74, 6) is -2.18. The van der Waals surface area contributed by atoms with Gasteiger partial charge < -0.3 is 10.4 Å². The van der Waals surface area contributed by atoms with Gasteiger partial charge in [-0.25, -0.2) is 8.78 Å². The number of hydrogen-bond donors (Lipinski definition) is 2. The van der Waals surface area contributed by atoms with Crippen LogP contribution in [0.5, 0.6) is 5.75 Å². The average molecular weight is 263 g/mol. The van der Waals surface area contributed by atoms with Gasteiger partial charge in [-0.3, -0.25) is 4.79 Å². The summed E-state index contributed by atoms with van der Waals surface area (Å²) >= 11 is 0. The van der Waals surface area contributed by atoms with E-state index in [1.165, 1.54) is 6.07 Å². The maximum absolute atomic E-state index is 13.0. The van der Waals surface area contributed by atoms with Crippen LogP contribution in [-0.4, -0.2) is 11.0 Å². The lowest BCUT2D eigenvalue weighted by Gasteiger charge is -2.07. The van der Waals surface area contributed by atoms with Crippen molar-refractivity contribution in [2.24, 2.45) is 0 Å². The number of carbonyl (C=O) groups is 1. The highest BCUT2D eigenvalue weighted by atomic mass is 19.1. The number of hydrogen-bond acceptors (Lipinski definition) is 2. The van der Waals surface area contributed by atoms with E-state index in [0.29, 0.717) is 11.6 Å². The molecule has 2 rings (SSSR count). The minimum Gasteiger partial charge on any atom is -0.508 e. The zero-order valence-electron chi connectivity index (χ0n) is 9.86. The molecule has 0 fully saturated rings. The van der Waals surface area contributed by atoms with Crippen LogP contribution in [0, 0.1) is 11.6 Å². The van der Waals surface area contributed by atoms with Crippen molar-refractivity contribution in [3.63, 3.8) is 0 Å². The van der Waals surface area contributed by atoms with Gasteiger partial charge in [-0.2, -0.15) is 0 Å². The Morgan fingerprint density at radius 2 is 1.74 bits per heavy atom. The molecule has 2 aromatic carbocycles. The van der Waals surface area contributed by atoms with E-state index in [1.807, 2.05) is 0 Å². The van der Waals surface area contributed by atoms with E-state index in [2.05, 4.69) is 5.32 Å². The Hall–Kier alpha value is -2.43. The third-order valence-electron chi connectivity index (χ3n) is 2.56. The normalized spacial score (nSPS) is 10.2. The monoisotopic (exact) mass is 263 g/mol. The molecule has 0 aliphatic carbocycles. The number of aromatic hydroxyl groups is 1. The quantitative estimate of drug-likeness (QED) is 0.894. The molecule has 19 heavy (non-hydrogen) atoms. The van der Waals surface area contributed by atoms with Crippen LogP contribution in [0.4, 0.5) is 8.78 Å². The molecule has 0 radical (unpaired) electrons. The lowest BCUT2D eigenvalue weighted by atomic mass is 10.1. The molecule has 0 unspecified atom stereocenters. The smallest absolute Gasteiger partial charge is 0.251 e. The minimum absolute atomic E-state index is 0.0493. The molecule has 0 atom stereocenters. The number of nitrogens with one attached hydrogen (secondary N) is 1. The molecule has 0 saturated carbocycles. The average Bonchev–Trinajstić information content (AvgIpc) is 2.36. The van der Waals surface area contributed by atoms with Crippen molar-refractivity contribution in [3.8, 4) is 5.75 Å². The zero-order valence-corrected chi connectivity index (χ0v) is 9.86. The van der Waals surface area contributed by atoms with Gasteiger partial charge in [0.2, 0.25) is 0 Å². The number of para-hydroxylation sites is 1. The standard InChI is InChI=1S/C14H11F2NO2/c15-11-5-10(6-12(16)7-11)14(19)17-8-9-3-1-2-4-13(9)18/h1-7,18H,8H2,(H,17,19). The lowest BCUT2D eigenvalue weighted by Crippen LogP contribution is -2.23. The topological polar surface area (TPSA) is 49.3 Å². The molecular weight excluding hydrogens is 252 g/mol. The first kappa shape index (κ1) is 13.0. The number of phenols is 1. The number of phenolic OH excluding ortho intramolecular Hbond substituents is 1. The lowest BCUT2D eigenvalue weighted by molar-refractivity contribution is 0.0950. The van der Waals surface area contributed by atoms with Crippen LogP contribution in [0.25, 0.3) is 0 Å². The van der Waals surface area contributed by atoms with Crippen LogP contribution in [-0.2, 0) is 6.54 Å². The van der Waals surface area contributed by atoms with Crippen LogP contribution in [0.3, 0.4) is 0 Å². The molecule has 0 aliphatic rings. The highest BCUT2D eigenvalue weighted by Crippen LogP contribution is 2.15. The molecule has 3 nitrogen and oxygen atoms in total. The molecule has 5 heteroatoms. The number of halogens is 2. The Bertz CT molecular complexity index is 594. The minimum atomic E-state index is -0.812.